The number of nitrogens with one attached hydrogen (secondary N) is 1. The summed E-state index contributed by atoms with van der Waals surface area (Å²) >= 11 is 0. The summed E-state index contributed by atoms with van der Waals surface area (Å²) in [5.41, 5.74) is 5.66. The fraction of sp³-hybridized carbons (Fsp3) is 0.190. The van der Waals surface area contributed by atoms with Gasteiger partial charge in [-0.15, -0.1) is 0 Å². The Bertz CT molecular complexity index is 994. The lowest BCUT2D eigenvalue weighted by atomic mass is 10.1. The van der Waals surface area contributed by atoms with Gasteiger partial charge in [0.1, 0.15) is 0 Å². The molecule has 3 rings (SSSR count). The molecule has 5 nitrogen and oxygen atoms in total. The summed E-state index contributed by atoms with van der Waals surface area (Å²) in [5, 5.41) is 16.5. The molecule has 0 bridgehead atoms. The van der Waals surface area contributed by atoms with Crippen LogP contribution >= 0.6 is 0 Å². The maximum absolute atomic E-state index is 12.5. The van der Waals surface area contributed by atoms with Crippen molar-refractivity contribution in [3.63, 3.8) is 0 Å². The molecule has 0 saturated carbocycles. The van der Waals surface area contributed by atoms with Gasteiger partial charge >= 0.3 is 0 Å². The second kappa shape index (κ2) is 7.24. The number of aromatic nitrogens is 2. The molecule has 0 aliphatic heterocycles. The second-order valence-electron chi connectivity index (χ2n) is 6.34. The Hall–Kier alpha value is -3.39. The summed E-state index contributed by atoms with van der Waals surface area (Å²) in [4.78, 5) is 12.5. The van der Waals surface area contributed by atoms with Crippen molar-refractivity contribution < 1.29 is 4.79 Å². The van der Waals surface area contributed by atoms with Crippen LogP contribution in [0, 0.1) is 32.1 Å². The first-order valence-electron chi connectivity index (χ1n) is 8.39. The van der Waals surface area contributed by atoms with E-state index in [2.05, 4.69) is 41.6 Å². The van der Waals surface area contributed by atoms with Crippen molar-refractivity contribution in [2.45, 2.75) is 27.3 Å². The first-order valence-corrected chi connectivity index (χ1v) is 8.39. The highest BCUT2D eigenvalue weighted by atomic mass is 16.1. The monoisotopic (exact) mass is 344 g/mol. The molecule has 0 aliphatic carbocycles. The molecule has 1 aromatic heterocycles. The molecule has 0 saturated heterocycles. The van der Waals surface area contributed by atoms with Gasteiger partial charge in [-0.3, -0.25) is 9.48 Å². The third-order valence-electron chi connectivity index (χ3n) is 4.33. The molecule has 2 aromatic carbocycles. The van der Waals surface area contributed by atoms with Crippen LogP contribution < -0.4 is 5.32 Å². The standard InChI is InChI=1S/C21H20N4O/c1-14-7-9-17(10-8-14)13-25-16(3)20(15(2)24-25)23-21(26)19-6-4-5-18(11-19)12-22/h4-11H,13H2,1-3H3,(H,23,26). The molecule has 0 unspecified atom stereocenters. The lowest BCUT2D eigenvalue weighted by molar-refractivity contribution is 0.102. The number of benzene rings is 2. The van der Waals surface area contributed by atoms with Crippen molar-refractivity contribution in [2.24, 2.45) is 0 Å². The molecule has 1 N–H and O–H groups in total. The molecule has 130 valence electrons. The van der Waals surface area contributed by atoms with E-state index in [0.29, 0.717) is 23.4 Å². The van der Waals surface area contributed by atoms with Gasteiger partial charge in [-0.05, 0) is 44.5 Å². The quantitative estimate of drug-likeness (QED) is 0.778. The number of nitriles is 1. The first-order chi connectivity index (χ1) is 12.5. The molecular formula is C21H20N4O. The lowest BCUT2D eigenvalue weighted by Gasteiger charge is -2.08. The summed E-state index contributed by atoms with van der Waals surface area (Å²) in [6, 6.07) is 17.0. The van der Waals surface area contributed by atoms with Gasteiger partial charge in [-0.25, -0.2) is 0 Å². The number of carbonyl (C=O) groups is 1. The van der Waals surface area contributed by atoms with E-state index in [1.807, 2.05) is 24.6 Å². The molecule has 0 aliphatic rings. The normalized spacial score (nSPS) is 10.4. The molecule has 26 heavy (non-hydrogen) atoms. The van der Waals surface area contributed by atoms with E-state index >= 15 is 0 Å². The van der Waals surface area contributed by atoms with E-state index in [0.717, 1.165) is 17.0 Å². The predicted molar refractivity (Wildman–Crippen MR) is 101 cm³/mol. The van der Waals surface area contributed by atoms with Gasteiger partial charge in [-0.2, -0.15) is 10.4 Å². The average Bonchev–Trinajstić information content (AvgIpc) is 2.91. The summed E-state index contributed by atoms with van der Waals surface area (Å²) in [6.45, 7) is 6.52. The number of nitrogens with zero attached hydrogens (tertiary/aromatic N) is 3. The van der Waals surface area contributed by atoms with Crippen molar-refractivity contribution >= 4 is 11.6 Å². The van der Waals surface area contributed by atoms with Crippen LogP contribution in [0.15, 0.2) is 48.5 Å². The molecule has 5 heteroatoms. The zero-order valence-electron chi connectivity index (χ0n) is 15.1. The Balaban J connectivity index is 1.82. The smallest absolute Gasteiger partial charge is 0.255 e. The maximum Gasteiger partial charge on any atom is 0.255 e. The van der Waals surface area contributed by atoms with E-state index < -0.39 is 0 Å². The van der Waals surface area contributed by atoms with Crippen molar-refractivity contribution in [1.29, 1.82) is 5.26 Å². The summed E-state index contributed by atoms with van der Waals surface area (Å²) in [6.07, 6.45) is 0. The number of hydrogen-bond acceptors (Lipinski definition) is 3. The Labute approximate surface area is 152 Å². The van der Waals surface area contributed by atoms with E-state index in [-0.39, 0.29) is 5.91 Å². The number of carbonyl (C=O) groups excluding carboxylic acids is 1. The van der Waals surface area contributed by atoms with Gasteiger partial charge in [0.05, 0.1) is 35.3 Å². The van der Waals surface area contributed by atoms with Crippen molar-refractivity contribution in [3.8, 4) is 6.07 Å². The Morgan fingerprint density at radius 2 is 1.88 bits per heavy atom. The van der Waals surface area contributed by atoms with E-state index in [1.165, 1.54) is 5.56 Å². The van der Waals surface area contributed by atoms with Crippen LogP contribution in [0.1, 0.15) is 38.4 Å². The molecular weight excluding hydrogens is 324 g/mol. The minimum Gasteiger partial charge on any atom is -0.319 e. The van der Waals surface area contributed by atoms with Crippen molar-refractivity contribution in [3.05, 3.63) is 82.2 Å². The Morgan fingerprint density at radius 3 is 2.58 bits per heavy atom. The number of amides is 1. The van der Waals surface area contributed by atoms with Gasteiger partial charge in [0.2, 0.25) is 0 Å². The Kier molecular flexibility index (Phi) is 4.85. The molecule has 3 aromatic rings. The van der Waals surface area contributed by atoms with Gasteiger partial charge in [-0.1, -0.05) is 35.9 Å². The molecule has 0 radical (unpaired) electrons. The molecule has 0 spiro atoms. The number of rotatable bonds is 4. The van der Waals surface area contributed by atoms with Crippen LogP contribution in [0.25, 0.3) is 0 Å². The van der Waals surface area contributed by atoms with Gasteiger partial charge in [0.15, 0.2) is 0 Å². The van der Waals surface area contributed by atoms with Crippen molar-refractivity contribution in [2.75, 3.05) is 5.32 Å². The summed E-state index contributed by atoms with van der Waals surface area (Å²) < 4.78 is 1.89. The third kappa shape index (κ3) is 3.65. The van der Waals surface area contributed by atoms with Crippen LogP contribution in [0.5, 0.6) is 0 Å². The highest BCUT2D eigenvalue weighted by molar-refractivity contribution is 6.05. The van der Waals surface area contributed by atoms with E-state index in [4.69, 9.17) is 5.26 Å². The summed E-state index contributed by atoms with van der Waals surface area (Å²) in [7, 11) is 0. The van der Waals surface area contributed by atoms with Crippen LogP contribution in [0.3, 0.4) is 0 Å². The number of hydrogen-bond donors (Lipinski definition) is 1. The van der Waals surface area contributed by atoms with Gasteiger partial charge < -0.3 is 5.32 Å². The SMILES string of the molecule is Cc1ccc(Cn2nc(C)c(NC(=O)c3cccc(C#N)c3)c2C)cc1. The largest absolute Gasteiger partial charge is 0.319 e. The first kappa shape index (κ1) is 17.4. The zero-order valence-corrected chi connectivity index (χ0v) is 15.1. The molecule has 0 atom stereocenters. The van der Waals surface area contributed by atoms with E-state index in [9.17, 15) is 4.79 Å². The predicted octanol–water partition coefficient (Wildman–Crippen LogP) is 3.98. The maximum atomic E-state index is 12.5. The Morgan fingerprint density at radius 1 is 1.15 bits per heavy atom. The minimum absolute atomic E-state index is 0.247. The highest BCUT2D eigenvalue weighted by Crippen LogP contribution is 2.21. The van der Waals surface area contributed by atoms with Crippen LogP contribution in [-0.4, -0.2) is 15.7 Å². The molecule has 1 amide bonds. The average molecular weight is 344 g/mol. The number of aryl methyl sites for hydroxylation is 2. The van der Waals surface area contributed by atoms with Crippen molar-refractivity contribution in [1.82, 2.24) is 9.78 Å². The number of anilines is 1. The minimum atomic E-state index is -0.247. The summed E-state index contributed by atoms with van der Waals surface area (Å²) in [5.74, 6) is -0.247. The van der Waals surface area contributed by atoms with Crippen LogP contribution in [0.2, 0.25) is 0 Å². The fourth-order valence-electron chi connectivity index (χ4n) is 2.81. The lowest BCUT2D eigenvalue weighted by Crippen LogP contribution is -2.13. The van der Waals surface area contributed by atoms with Crippen LogP contribution in [-0.2, 0) is 6.54 Å². The van der Waals surface area contributed by atoms with Gasteiger partial charge in [0, 0.05) is 5.56 Å². The fourth-order valence-corrected chi connectivity index (χ4v) is 2.81. The highest BCUT2D eigenvalue weighted by Gasteiger charge is 2.15. The van der Waals surface area contributed by atoms with E-state index in [1.54, 1.807) is 24.3 Å². The molecule has 0 fully saturated rings. The topological polar surface area (TPSA) is 70.7 Å². The zero-order chi connectivity index (χ0) is 18.7. The van der Waals surface area contributed by atoms with Gasteiger partial charge in [0.25, 0.3) is 5.91 Å². The second-order valence-corrected chi connectivity index (χ2v) is 6.34. The third-order valence-corrected chi connectivity index (χ3v) is 4.33. The van der Waals surface area contributed by atoms with Crippen LogP contribution in [0.4, 0.5) is 5.69 Å². The molecule has 1 heterocycles.